The van der Waals surface area contributed by atoms with Gasteiger partial charge in [-0.3, -0.25) is 0 Å². The molecule has 2 heterocycles. The molecule has 11 rings (SSSR count). The molecule has 0 saturated carbocycles. The lowest BCUT2D eigenvalue weighted by Crippen LogP contribution is -1.97. The monoisotopic (exact) mass is 752 g/mol. The van der Waals surface area contributed by atoms with Crippen molar-refractivity contribution < 1.29 is 4.42 Å². The molecule has 0 bridgehead atoms. The molecule has 0 unspecified atom stereocenters. The lowest BCUT2D eigenvalue weighted by molar-refractivity contribution is 0.669. The molecule has 0 fully saturated rings. The topological polar surface area (TPSA) is 38.9 Å². The highest BCUT2D eigenvalue weighted by molar-refractivity contribution is 6.06. The maximum absolute atomic E-state index is 6.23. The molecule has 276 valence electrons. The van der Waals surface area contributed by atoms with Gasteiger partial charge in [-0.2, -0.15) is 0 Å². The first-order valence-corrected chi connectivity index (χ1v) is 20.0. The van der Waals surface area contributed by atoms with E-state index in [0.29, 0.717) is 5.82 Å². The summed E-state index contributed by atoms with van der Waals surface area (Å²) in [5.41, 5.74) is 15.6. The van der Waals surface area contributed by atoms with Crippen LogP contribution in [-0.4, -0.2) is 9.97 Å². The van der Waals surface area contributed by atoms with Crippen LogP contribution < -0.4 is 0 Å². The Labute approximate surface area is 342 Å². The number of nitrogens with zero attached hydrogens (tertiary/aromatic N) is 2. The molecule has 0 aliphatic rings. The largest absolute Gasteiger partial charge is 0.456 e. The van der Waals surface area contributed by atoms with Gasteiger partial charge >= 0.3 is 0 Å². The standard InChI is InChI=1S/C56H36N2O/c1-3-13-37(14-4-1)41-19-11-21-43(29-41)47-32-48(45-27-28-55-51(35-45)50-23-9-10-24-54(50)59-55)34-49(33-47)53-36-52(57-56(58-53)39-16-5-2-6-17-39)46-22-12-20-42(31-46)44-26-25-38-15-7-8-18-40(38)30-44/h1-36H. The Hall–Kier alpha value is -7.88. The van der Waals surface area contributed by atoms with Crippen molar-refractivity contribution in [3.05, 3.63) is 218 Å². The van der Waals surface area contributed by atoms with Crippen molar-refractivity contribution >= 4 is 32.7 Å². The van der Waals surface area contributed by atoms with Gasteiger partial charge in [0.05, 0.1) is 11.4 Å². The highest BCUT2D eigenvalue weighted by Crippen LogP contribution is 2.39. The first-order chi connectivity index (χ1) is 29.2. The quantitative estimate of drug-likeness (QED) is 0.163. The molecular weight excluding hydrogens is 717 g/mol. The van der Waals surface area contributed by atoms with Gasteiger partial charge in [0.2, 0.25) is 0 Å². The Morgan fingerprint density at radius 3 is 1.53 bits per heavy atom. The van der Waals surface area contributed by atoms with Crippen molar-refractivity contribution in [3.63, 3.8) is 0 Å². The molecule has 0 aliphatic heterocycles. The number of aromatic nitrogens is 2. The average molecular weight is 753 g/mol. The molecule has 2 aromatic heterocycles. The van der Waals surface area contributed by atoms with Gasteiger partial charge in [-0.05, 0) is 116 Å². The average Bonchev–Trinajstić information content (AvgIpc) is 3.70. The van der Waals surface area contributed by atoms with Crippen molar-refractivity contribution in [2.75, 3.05) is 0 Å². The van der Waals surface area contributed by atoms with Crippen molar-refractivity contribution in [1.82, 2.24) is 9.97 Å². The molecule has 59 heavy (non-hydrogen) atoms. The summed E-state index contributed by atoms with van der Waals surface area (Å²) >= 11 is 0. The second-order valence-corrected chi connectivity index (χ2v) is 15.0. The number of hydrogen-bond acceptors (Lipinski definition) is 3. The fraction of sp³-hybridized carbons (Fsp3) is 0. The predicted octanol–water partition coefficient (Wildman–Crippen LogP) is 15.2. The summed E-state index contributed by atoms with van der Waals surface area (Å²) in [5.74, 6) is 0.679. The van der Waals surface area contributed by atoms with Crippen LogP contribution in [0.2, 0.25) is 0 Å². The molecule has 0 N–H and O–H groups in total. The Morgan fingerprint density at radius 2 is 0.746 bits per heavy atom. The lowest BCUT2D eigenvalue weighted by Gasteiger charge is -2.14. The second-order valence-electron chi connectivity index (χ2n) is 15.0. The zero-order valence-electron chi connectivity index (χ0n) is 32.1. The van der Waals surface area contributed by atoms with E-state index in [4.69, 9.17) is 14.4 Å². The minimum atomic E-state index is 0.679. The maximum atomic E-state index is 6.23. The van der Waals surface area contributed by atoms with Crippen LogP contribution in [-0.2, 0) is 0 Å². The maximum Gasteiger partial charge on any atom is 0.160 e. The van der Waals surface area contributed by atoms with Crippen LogP contribution in [0.3, 0.4) is 0 Å². The molecule has 3 heteroatoms. The van der Waals surface area contributed by atoms with Gasteiger partial charge < -0.3 is 4.42 Å². The van der Waals surface area contributed by atoms with Crippen molar-refractivity contribution in [1.29, 1.82) is 0 Å². The number of fused-ring (bicyclic) bond motifs is 4. The first-order valence-electron chi connectivity index (χ1n) is 20.0. The van der Waals surface area contributed by atoms with Crippen molar-refractivity contribution in [2.24, 2.45) is 0 Å². The first kappa shape index (κ1) is 34.4. The zero-order valence-corrected chi connectivity index (χ0v) is 32.1. The molecule has 0 saturated heterocycles. The summed E-state index contributed by atoms with van der Waals surface area (Å²) in [6.45, 7) is 0. The highest BCUT2D eigenvalue weighted by Gasteiger charge is 2.16. The van der Waals surface area contributed by atoms with Crippen LogP contribution in [0.1, 0.15) is 0 Å². The van der Waals surface area contributed by atoms with Gasteiger partial charge in [0.1, 0.15) is 11.2 Å². The van der Waals surface area contributed by atoms with Crippen molar-refractivity contribution in [3.8, 4) is 78.4 Å². The summed E-state index contributed by atoms with van der Waals surface area (Å²) in [6.07, 6.45) is 0. The SMILES string of the molecule is c1ccc(-c2cccc(-c3cc(-c4ccc5oc6ccccc6c5c4)cc(-c4cc(-c5cccc(-c6ccc7ccccc7c6)c5)nc(-c5ccccc5)n4)c3)c2)cc1. The second kappa shape index (κ2) is 14.6. The van der Waals surface area contributed by atoms with Crippen LogP contribution >= 0.6 is 0 Å². The summed E-state index contributed by atoms with van der Waals surface area (Å²) in [5, 5.41) is 4.65. The van der Waals surface area contributed by atoms with E-state index in [1.165, 1.54) is 27.5 Å². The summed E-state index contributed by atoms with van der Waals surface area (Å²) in [4.78, 5) is 10.5. The third-order valence-corrected chi connectivity index (χ3v) is 11.2. The van der Waals surface area contributed by atoms with Gasteiger partial charge in [-0.15, -0.1) is 0 Å². The lowest BCUT2D eigenvalue weighted by atomic mass is 9.92. The Kier molecular flexibility index (Phi) is 8.49. The van der Waals surface area contributed by atoms with E-state index in [1.54, 1.807) is 0 Å². The Balaban J connectivity index is 1.10. The fourth-order valence-electron chi connectivity index (χ4n) is 8.21. The number of furan rings is 1. The number of para-hydroxylation sites is 1. The fourth-order valence-corrected chi connectivity index (χ4v) is 8.21. The van der Waals surface area contributed by atoms with E-state index in [-0.39, 0.29) is 0 Å². The Bertz CT molecular complexity index is 3330. The zero-order chi connectivity index (χ0) is 39.1. The van der Waals surface area contributed by atoms with Gasteiger partial charge in [0.15, 0.2) is 5.82 Å². The number of benzene rings is 9. The van der Waals surface area contributed by atoms with E-state index in [2.05, 4.69) is 188 Å². The minimum Gasteiger partial charge on any atom is -0.456 e. The van der Waals surface area contributed by atoms with E-state index in [0.717, 1.165) is 77.8 Å². The Morgan fingerprint density at radius 1 is 0.254 bits per heavy atom. The normalized spacial score (nSPS) is 11.4. The molecule has 3 nitrogen and oxygen atoms in total. The third kappa shape index (κ3) is 6.65. The van der Waals surface area contributed by atoms with Crippen LogP contribution in [0.4, 0.5) is 0 Å². The summed E-state index contributed by atoms with van der Waals surface area (Å²) in [7, 11) is 0. The van der Waals surface area contributed by atoms with Gasteiger partial charge in [0, 0.05) is 27.5 Å². The molecule has 9 aromatic carbocycles. The molecule has 11 aromatic rings. The molecule has 0 spiro atoms. The third-order valence-electron chi connectivity index (χ3n) is 11.2. The molecule has 0 atom stereocenters. The van der Waals surface area contributed by atoms with Gasteiger partial charge in [-0.1, -0.05) is 158 Å². The molecule has 0 amide bonds. The van der Waals surface area contributed by atoms with Crippen molar-refractivity contribution in [2.45, 2.75) is 0 Å². The van der Waals surface area contributed by atoms with Crippen LogP contribution in [0.25, 0.3) is 111 Å². The van der Waals surface area contributed by atoms with Crippen LogP contribution in [0.5, 0.6) is 0 Å². The smallest absolute Gasteiger partial charge is 0.160 e. The van der Waals surface area contributed by atoms with E-state index >= 15 is 0 Å². The van der Waals surface area contributed by atoms with Crippen LogP contribution in [0.15, 0.2) is 223 Å². The molecular formula is C56H36N2O. The van der Waals surface area contributed by atoms with Gasteiger partial charge in [0.25, 0.3) is 0 Å². The summed E-state index contributed by atoms with van der Waals surface area (Å²) < 4.78 is 6.23. The number of rotatable bonds is 7. The van der Waals surface area contributed by atoms with E-state index in [9.17, 15) is 0 Å². The van der Waals surface area contributed by atoms with Gasteiger partial charge in [-0.25, -0.2) is 9.97 Å². The molecule has 0 radical (unpaired) electrons. The minimum absolute atomic E-state index is 0.679. The summed E-state index contributed by atoms with van der Waals surface area (Å²) in [6, 6.07) is 77.2. The van der Waals surface area contributed by atoms with Crippen LogP contribution in [0, 0.1) is 0 Å². The molecule has 0 aliphatic carbocycles. The van der Waals surface area contributed by atoms with E-state index in [1.807, 2.05) is 30.3 Å². The predicted molar refractivity (Wildman–Crippen MR) is 245 cm³/mol. The highest BCUT2D eigenvalue weighted by atomic mass is 16.3. The van der Waals surface area contributed by atoms with E-state index < -0.39 is 0 Å². The number of hydrogen-bond donors (Lipinski definition) is 0.